The summed E-state index contributed by atoms with van der Waals surface area (Å²) in [5.41, 5.74) is 7.50. The van der Waals surface area contributed by atoms with Gasteiger partial charge in [0.15, 0.2) is 6.61 Å². The third kappa shape index (κ3) is 6.85. The number of carbonyl (C=O) groups excluding carboxylic acids is 2. The molecular formula is C23H28ClN3O5. The maximum Gasteiger partial charge on any atom is 0.344 e. The standard InChI is InChI=1S/C23H28ClN3O5/c1-2-30-22(28)15-32-21-11-20(25)19(24)10-18(21)23(29)26-12-17-14-27(8-9-31-17)13-16-6-4-3-5-7-16/h3-7,10-11,17H,2,8-9,12-15,25H2,1H3,(H,26,29). The van der Waals surface area contributed by atoms with Crippen molar-refractivity contribution in [3.63, 3.8) is 0 Å². The average Bonchev–Trinajstić information content (AvgIpc) is 2.79. The summed E-state index contributed by atoms with van der Waals surface area (Å²) in [4.78, 5) is 26.8. The van der Waals surface area contributed by atoms with E-state index in [0.29, 0.717) is 19.7 Å². The second kappa shape index (κ2) is 11.7. The highest BCUT2D eigenvalue weighted by Crippen LogP contribution is 2.29. The van der Waals surface area contributed by atoms with Crippen molar-refractivity contribution in [2.75, 3.05) is 45.2 Å². The van der Waals surface area contributed by atoms with Crippen LogP contribution in [0.3, 0.4) is 0 Å². The van der Waals surface area contributed by atoms with Gasteiger partial charge in [0.05, 0.1) is 35.6 Å². The molecule has 0 radical (unpaired) electrons. The number of carbonyl (C=O) groups is 2. The molecule has 1 aliphatic heterocycles. The normalized spacial score (nSPS) is 16.4. The number of anilines is 1. The van der Waals surface area contributed by atoms with E-state index in [2.05, 4.69) is 22.3 Å². The molecule has 32 heavy (non-hydrogen) atoms. The first-order chi connectivity index (χ1) is 15.5. The Morgan fingerprint density at radius 2 is 2.06 bits per heavy atom. The molecule has 1 fully saturated rings. The highest BCUT2D eigenvalue weighted by atomic mass is 35.5. The maximum absolute atomic E-state index is 12.8. The van der Waals surface area contributed by atoms with E-state index in [1.54, 1.807) is 6.92 Å². The molecule has 3 N–H and O–H groups in total. The summed E-state index contributed by atoms with van der Waals surface area (Å²) >= 11 is 6.10. The van der Waals surface area contributed by atoms with Crippen LogP contribution in [0.15, 0.2) is 42.5 Å². The number of esters is 1. The van der Waals surface area contributed by atoms with Crippen molar-refractivity contribution in [2.45, 2.75) is 19.6 Å². The molecule has 1 amide bonds. The Bertz CT molecular complexity index is 925. The summed E-state index contributed by atoms with van der Waals surface area (Å²) in [6.07, 6.45) is -0.149. The Labute approximate surface area is 192 Å². The number of hydrogen-bond donors (Lipinski definition) is 2. The van der Waals surface area contributed by atoms with E-state index in [1.165, 1.54) is 17.7 Å². The van der Waals surface area contributed by atoms with Crippen molar-refractivity contribution in [3.05, 3.63) is 58.6 Å². The first kappa shape index (κ1) is 23.8. The molecule has 0 spiro atoms. The summed E-state index contributed by atoms with van der Waals surface area (Å²) in [5.74, 6) is -0.774. The van der Waals surface area contributed by atoms with E-state index in [9.17, 15) is 9.59 Å². The lowest BCUT2D eigenvalue weighted by Gasteiger charge is -2.33. The number of halogens is 1. The number of benzene rings is 2. The largest absolute Gasteiger partial charge is 0.481 e. The van der Waals surface area contributed by atoms with Gasteiger partial charge in [-0.2, -0.15) is 0 Å². The van der Waals surface area contributed by atoms with Crippen LogP contribution in [0.2, 0.25) is 5.02 Å². The smallest absolute Gasteiger partial charge is 0.344 e. The highest BCUT2D eigenvalue weighted by molar-refractivity contribution is 6.33. The molecule has 3 rings (SSSR count). The fourth-order valence-electron chi connectivity index (χ4n) is 3.40. The van der Waals surface area contributed by atoms with Crippen LogP contribution in [0.25, 0.3) is 0 Å². The Morgan fingerprint density at radius 1 is 1.28 bits per heavy atom. The molecule has 0 aliphatic carbocycles. The van der Waals surface area contributed by atoms with Gasteiger partial charge in [-0.05, 0) is 18.6 Å². The quantitative estimate of drug-likeness (QED) is 0.436. The van der Waals surface area contributed by atoms with Gasteiger partial charge in [0.2, 0.25) is 0 Å². The third-order valence-electron chi connectivity index (χ3n) is 4.96. The first-order valence-corrected chi connectivity index (χ1v) is 10.9. The van der Waals surface area contributed by atoms with E-state index in [1.807, 2.05) is 18.2 Å². The molecule has 0 saturated carbocycles. The van der Waals surface area contributed by atoms with Crippen LogP contribution < -0.4 is 15.8 Å². The second-order valence-electron chi connectivity index (χ2n) is 7.39. The molecule has 1 aliphatic rings. The van der Waals surface area contributed by atoms with Crippen LogP contribution in [-0.4, -0.2) is 62.3 Å². The molecule has 8 nitrogen and oxygen atoms in total. The molecule has 2 aromatic rings. The summed E-state index contributed by atoms with van der Waals surface area (Å²) in [5, 5.41) is 3.09. The van der Waals surface area contributed by atoms with E-state index < -0.39 is 11.9 Å². The van der Waals surface area contributed by atoms with Crippen molar-refractivity contribution < 1.29 is 23.8 Å². The van der Waals surface area contributed by atoms with Gasteiger partial charge < -0.3 is 25.3 Å². The summed E-state index contributed by atoms with van der Waals surface area (Å²) < 4.78 is 16.1. The Kier molecular flexibility index (Phi) is 8.72. The van der Waals surface area contributed by atoms with Crippen molar-refractivity contribution in [3.8, 4) is 5.75 Å². The Balaban J connectivity index is 1.58. The number of nitrogens with one attached hydrogen (secondary N) is 1. The molecule has 2 aromatic carbocycles. The molecule has 0 bridgehead atoms. The number of rotatable bonds is 9. The minimum absolute atomic E-state index is 0.149. The monoisotopic (exact) mass is 461 g/mol. The predicted molar refractivity (Wildman–Crippen MR) is 122 cm³/mol. The summed E-state index contributed by atoms with van der Waals surface area (Å²) in [6.45, 7) is 4.87. The fraction of sp³-hybridized carbons (Fsp3) is 0.391. The number of nitrogens with zero attached hydrogens (tertiary/aromatic N) is 1. The number of nitrogen functional groups attached to an aromatic ring is 1. The van der Waals surface area contributed by atoms with Crippen molar-refractivity contribution in [2.24, 2.45) is 0 Å². The van der Waals surface area contributed by atoms with Crippen molar-refractivity contribution >= 4 is 29.2 Å². The zero-order valence-corrected chi connectivity index (χ0v) is 18.8. The number of hydrogen-bond acceptors (Lipinski definition) is 7. The Morgan fingerprint density at radius 3 is 2.81 bits per heavy atom. The van der Waals surface area contributed by atoms with Gasteiger partial charge in [-0.3, -0.25) is 9.69 Å². The second-order valence-corrected chi connectivity index (χ2v) is 7.79. The fourth-order valence-corrected chi connectivity index (χ4v) is 3.56. The number of nitrogens with two attached hydrogens (primary N) is 1. The van der Waals surface area contributed by atoms with Crippen LogP contribution >= 0.6 is 11.6 Å². The van der Waals surface area contributed by atoms with Crippen LogP contribution in [0.5, 0.6) is 5.75 Å². The zero-order chi connectivity index (χ0) is 22.9. The van der Waals surface area contributed by atoms with Crippen molar-refractivity contribution in [1.29, 1.82) is 0 Å². The maximum atomic E-state index is 12.8. The number of morpholine rings is 1. The van der Waals surface area contributed by atoms with Crippen LogP contribution in [0.1, 0.15) is 22.8 Å². The topological polar surface area (TPSA) is 103 Å². The summed E-state index contributed by atoms with van der Waals surface area (Å²) in [7, 11) is 0. The molecule has 1 atom stereocenters. The van der Waals surface area contributed by atoms with E-state index in [0.717, 1.165) is 13.1 Å². The summed E-state index contributed by atoms with van der Waals surface area (Å²) in [6, 6.07) is 13.1. The minimum atomic E-state index is -0.540. The highest BCUT2D eigenvalue weighted by Gasteiger charge is 2.23. The molecule has 1 unspecified atom stereocenters. The van der Waals surface area contributed by atoms with Gasteiger partial charge in [0.25, 0.3) is 5.91 Å². The lowest BCUT2D eigenvalue weighted by Crippen LogP contribution is -2.47. The van der Waals surface area contributed by atoms with E-state index >= 15 is 0 Å². The van der Waals surface area contributed by atoms with E-state index in [-0.39, 0.29) is 41.3 Å². The Hall–Kier alpha value is -2.81. The molecule has 0 aromatic heterocycles. The van der Waals surface area contributed by atoms with Gasteiger partial charge in [-0.25, -0.2) is 4.79 Å². The molecule has 1 saturated heterocycles. The van der Waals surface area contributed by atoms with Gasteiger partial charge in [0, 0.05) is 32.2 Å². The van der Waals surface area contributed by atoms with Gasteiger partial charge >= 0.3 is 5.97 Å². The minimum Gasteiger partial charge on any atom is -0.481 e. The van der Waals surface area contributed by atoms with Crippen LogP contribution in [0, 0.1) is 0 Å². The lowest BCUT2D eigenvalue weighted by atomic mass is 10.1. The SMILES string of the molecule is CCOC(=O)COc1cc(N)c(Cl)cc1C(=O)NCC1CN(Cc2ccccc2)CCO1. The first-order valence-electron chi connectivity index (χ1n) is 10.5. The van der Waals surface area contributed by atoms with Gasteiger partial charge in [0.1, 0.15) is 5.75 Å². The molecular weight excluding hydrogens is 434 g/mol. The number of ether oxygens (including phenoxy) is 3. The molecule has 172 valence electrons. The van der Waals surface area contributed by atoms with Gasteiger partial charge in [-0.1, -0.05) is 41.9 Å². The average molecular weight is 462 g/mol. The predicted octanol–water partition coefficient (Wildman–Crippen LogP) is 2.49. The van der Waals surface area contributed by atoms with Gasteiger partial charge in [-0.15, -0.1) is 0 Å². The van der Waals surface area contributed by atoms with Crippen LogP contribution in [0.4, 0.5) is 5.69 Å². The third-order valence-corrected chi connectivity index (χ3v) is 5.28. The van der Waals surface area contributed by atoms with Crippen LogP contribution in [-0.2, 0) is 20.8 Å². The molecule has 1 heterocycles. The van der Waals surface area contributed by atoms with Crippen molar-refractivity contribution in [1.82, 2.24) is 10.2 Å². The zero-order valence-electron chi connectivity index (χ0n) is 18.0. The number of amides is 1. The van der Waals surface area contributed by atoms with E-state index in [4.69, 9.17) is 31.5 Å². The lowest BCUT2D eigenvalue weighted by molar-refractivity contribution is -0.145. The molecule has 9 heteroatoms.